The molecule has 5 heteroatoms. The topological polar surface area (TPSA) is 59.3 Å². The maximum absolute atomic E-state index is 11.7. The fraction of sp³-hybridized carbons (Fsp3) is 0.400. The summed E-state index contributed by atoms with van der Waals surface area (Å²) in [5.74, 6) is -0.499. The molecule has 0 spiro atoms. The molecular weight excluding hydrogens is 214 g/mol. The summed E-state index contributed by atoms with van der Waals surface area (Å²) in [5.41, 5.74) is 1.71. The molecule has 0 radical (unpaired) electrons. The molecule has 80 valence electrons. The molecule has 0 saturated heterocycles. The average molecular weight is 225 g/mol. The number of fused-ring (bicyclic) bond motifs is 1. The van der Waals surface area contributed by atoms with Gasteiger partial charge in [-0.3, -0.25) is 9.36 Å². The molecule has 2 heterocycles. The van der Waals surface area contributed by atoms with Crippen molar-refractivity contribution in [2.45, 2.75) is 24.9 Å². The van der Waals surface area contributed by atoms with Crippen LogP contribution in [0.5, 0.6) is 0 Å². The maximum Gasteiger partial charge on any atom is 0.327 e. The van der Waals surface area contributed by atoms with E-state index in [0.717, 1.165) is 16.2 Å². The fourth-order valence-corrected chi connectivity index (χ4v) is 3.04. The van der Waals surface area contributed by atoms with Gasteiger partial charge in [0.1, 0.15) is 6.04 Å². The number of pyridine rings is 1. The number of carbonyl (C=O) groups is 1. The largest absolute Gasteiger partial charge is 0.480 e. The standard InChI is InChI=1S/C10H11NO3S/c1-5-3-8(12)11-7(10(13)14)4-15-9(11)6(5)2/h3,7H,4H2,1-2H3,(H,13,14). The number of hydrogen-bond donors (Lipinski definition) is 1. The van der Waals surface area contributed by atoms with Crippen LogP contribution in [0.2, 0.25) is 0 Å². The predicted molar refractivity (Wildman–Crippen MR) is 57.6 cm³/mol. The summed E-state index contributed by atoms with van der Waals surface area (Å²) in [6, 6.07) is 0.789. The number of rotatable bonds is 1. The lowest BCUT2D eigenvalue weighted by molar-refractivity contribution is -0.140. The van der Waals surface area contributed by atoms with Crippen LogP contribution >= 0.6 is 11.8 Å². The van der Waals surface area contributed by atoms with Crippen LogP contribution < -0.4 is 5.56 Å². The normalized spacial score (nSPS) is 18.9. The van der Waals surface area contributed by atoms with Gasteiger partial charge in [0.05, 0.1) is 5.03 Å². The quantitative estimate of drug-likeness (QED) is 0.780. The van der Waals surface area contributed by atoms with Crippen molar-refractivity contribution in [2.75, 3.05) is 5.75 Å². The summed E-state index contributed by atoms with van der Waals surface area (Å²) in [6.45, 7) is 3.78. The molecule has 0 bridgehead atoms. The highest BCUT2D eigenvalue weighted by molar-refractivity contribution is 7.99. The van der Waals surface area contributed by atoms with Crippen LogP contribution in [0.15, 0.2) is 15.9 Å². The second-order valence-electron chi connectivity index (χ2n) is 3.63. The average Bonchev–Trinajstić information content (AvgIpc) is 2.58. The highest BCUT2D eigenvalue weighted by Gasteiger charge is 2.30. The zero-order valence-corrected chi connectivity index (χ0v) is 9.30. The molecule has 15 heavy (non-hydrogen) atoms. The first-order chi connectivity index (χ1) is 7.02. The predicted octanol–water partition coefficient (Wildman–Crippen LogP) is 1.20. The van der Waals surface area contributed by atoms with E-state index in [2.05, 4.69) is 0 Å². The van der Waals surface area contributed by atoms with Crippen molar-refractivity contribution < 1.29 is 9.90 Å². The fourth-order valence-electron chi connectivity index (χ4n) is 1.70. The van der Waals surface area contributed by atoms with Crippen molar-refractivity contribution in [1.29, 1.82) is 0 Å². The smallest absolute Gasteiger partial charge is 0.327 e. The molecule has 2 rings (SSSR count). The Kier molecular flexibility index (Phi) is 2.34. The summed E-state index contributed by atoms with van der Waals surface area (Å²) >= 11 is 1.44. The first-order valence-corrected chi connectivity index (χ1v) is 5.59. The molecule has 0 aliphatic carbocycles. The minimum absolute atomic E-state index is 0.217. The number of thioether (sulfide) groups is 1. The Balaban J connectivity index is 2.69. The Hall–Kier alpha value is -1.23. The number of carboxylic acid groups (broad SMARTS) is 1. The number of hydrogen-bond acceptors (Lipinski definition) is 3. The summed E-state index contributed by atoms with van der Waals surface area (Å²) in [5, 5.41) is 9.77. The third-order valence-corrected chi connectivity index (χ3v) is 3.94. The number of aliphatic carboxylic acids is 1. The molecule has 1 N–H and O–H groups in total. The number of carboxylic acids is 1. The van der Waals surface area contributed by atoms with Crippen LogP contribution in [0.1, 0.15) is 17.2 Å². The van der Waals surface area contributed by atoms with E-state index in [0.29, 0.717) is 5.75 Å². The molecule has 1 aliphatic rings. The highest BCUT2D eigenvalue weighted by atomic mass is 32.2. The Bertz CT molecular complexity index is 492. The van der Waals surface area contributed by atoms with E-state index in [1.807, 2.05) is 13.8 Å². The summed E-state index contributed by atoms with van der Waals surface area (Å²) in [6.07, 6.45) is 0. The molecular formula is C10H11NO3S. The molecule has 0 amide bonds. The molecule has 1 aromatic rings. The second kappa shape index (κ2) is 3.41. The second-order valence-corrected chi connectivity index (χ2v) is 4.64. The molecule has 1 aliphatic heterocycles. The van der Waals surface area contributed by atoms with E-state index in [9.17, 15) is 9.59 Å². The summed E-state index contributed by atoms with van der Waals surface area (Å²) in [7, 11) is 0. The maximum atomic E-state index is 11.7. The van der Waals surface area contributed by atoms with E-state index < -0.39 is 12.0 Å². The van der Waals surface area contributed by atoms with Crippen molar-refractivity contribution in [3.05, 3.63) is 27.5 Å². The van der Waals surface area contributed by atoms with Gasteiger partial charge >= 0.3 is 5.97 Å². The minimum Gasteiger partial charge on any atom is -0.480 e. The van der Waals surface area contributed by atoms with Crippen molar-refractivity contribution in [3.8, 4) is 0 Å². The Morgan fingerprint density at radius 2 is 2.27 bits per heavy atom. The van der Waals surface area contributed by atoms with Gasteiger partial charge in [-0.05, 0) is 25.0 Å². The van der Waals surface area contributed by atoms with Gasteiger partial charge in [0, 0.05) is 11.8 Å². The van der Waals surface area contributed by atoms with E-state index >= 15 is 0 Å². The monoisotopic (exact) mass is 225 g/mol. The third-order valence-electron chi connectivity index (χ3n) is 2.68. The molecule has 0 aromatic carbocycles. The van der Waals surface area contributed by atoms with E-state index in [1.54, 1.807) is 0 Å². The van der Waals surface area contributed by atoms with Crippen LogP contribution in [-0.4, -0.2) is 21.4 Å². The highest BCUT2D eigenvalue weighted by Crippen LogP contribution is 2.34. The van der Waals surface area contributed by atoms with Crippen LogP contribution in [0.4, 0.5) is 0 Å². The van der Waals surface area contributed by atoms with Gasteiger partial charge in [-0.2, -0.15) is 0 Å². The zero-order valence-electron chi connectivity index (χ0n) is 8.48. The van der Waals surface area contributed by atoms with Crippen LogP contribution in [-0.2, 0) is 4.79 Å². The first-order valence-electron chi connectivity index (χ1n) is 4.60. The lowest BCUT2D eigenvalue weighted by Gasteiger charge is -2.11. The van der Waals surface area contributed by atoms with E-state index in [1.165, 1.54) is 22.4 Å². The van der Waals surface area contributed by atoms with Crippen molar-refractivity contribution in [1.82, 2.24) is 4.57 Å². The lowest BCUT2D eigenvalue weighted by Crippen LogP contribution is -2.28. The van der Waals surface area contributed by atoms with Gasteiger partial charge in [0.2, 0.25) is 0 Å². The molecule has 4 nitrogen and oxygen atoms in total. The van der Waals surface area contributed by atoms with Crippen LogP contribution in [0.25, 0.3) is 0 Å². The van der Waals surface area contributed by atoms with E-state index in [4.69, 9.17) is 5.11 Å². The van der Waals surface area contributed by atoms with Crippen molar-refractivity contribution in [3.63, 3.8) is 0 Å². The van der Waals surface area contributed by atoms with Gasteiger partial charge in [-0.1, -0.05) is 0 Å². The third kappa shape index (κ3) is 1.47. The molecule has 1 unspecified atom stereocenters. The first kappa shape index (κ1) is 10.3. The molecule has 1 aromatic heterocycles. The van der Waals surface area contributed by atoms with Crippen molar-refractivity contribution >= 4 is 17.7 Å². The van der Waals surface area contributed by atoms with E-state index in [-0.39, 0.29) is 5.56 Å². The summed E-state index contributed by atoms with van der Waals surface area (Å²) < 4.78 is 1.38. The van der Waals surface area contributed by atoms with Gasteiger partial charge < -0.3 is 5.11 Å². The lowest BCUT2D eigenvalue weighted by atomic mass is 10.2. The molecule has 0 saturated carbocycles. The Morgan fingerprint density at radius 1 is 1.60 bits per heavy atom. The van der Waals surface area contributed by atoms with Gasteiger partial charge in [-0.25, -0.2) is 4.79 Å². The van der Waals surface area contributed by atoms with Gasteiger partial charge in [-0.15, -0.1) is 11.8 Å². The molecule has 0 fully saturated rings. The van der Waals surface area contributed by atoms with Crippen molar-refractivity contribution in [2.24, 2.45) is 0 Å². The number of aryl methyl sites for hydroxylation is 1. The van der Waals surface area contributed by atoms with Gasteiger partial charge in [0.25, 0.3) is 5.56 Å². The number of aromatic nitrogens is 1. The zero-order chi connectivity index (χ0) is 11.2. The Morgan fingerprint density at radius 3 is 2.87 bits per heavy atom. The van der Waals surface area contributed by atoms with Crippen LogP contribution in [0, 0.1) is 13.8 Å². The summed E-state index contributed by atoms with van der Waals surface area (Å²) in [4.78, 5) is 22.6. The minimum atomic E-state index is -0.938. The van der Waals surface area contributed by atoms with Gasteiger partial charge in [0.15, 0.2) is 0 Å². The number of nitrogens with zero attached hydrogens (tertiary/aromatic N) is 1. The molecule has 1 atom stereocenters. The van der Waals surface area contributed by atoms with Crippen LogP contribution in [0.3, 0.4) is 0 Å². The SMILES string of the molecule is Cc1cc(=O)n2c(c1C)SCC2C(=O)O. The Labute approximate surface area is 90.9 Å².